The van der Waals surface area contributed by atoms with E-state index in [0.29, 0.717) is 30.3 Å². The van der Waals surface area contributed by atoms with Gasteiger partial charge in [-0.25, -0.2) is 17.9 Å². The summed E-state index contributed by atoms with van der Waals surface area (Å²) < 4.78 is 44.2. The molecule has 7 nitrogen and oxygen atoms in total. The van der Waals surface area contributed by atoms with Gasteiger partial charge in [0.15, 0.2) is 11.5 Å². The Kier molecular flexibility index (Phi) is 7.64. The summed E-state index contributed by atoms with van der Waals surface area (Å²) in [6.45, 7) is 8.16. The molecule has 8 heteroatoms. The number of esters is 1. The molecule has 2 aromatic carbocycles. The number of sulfonamides is 1. The Morgan fingerprint density at radius 1 is 1.03 bits per heavy atom. The van der Waals surface area contributed by atoms with Gasteiger partial charge >= 0.3 is 5.97 Å². The molecule has 0 aliphatic rings. The van der Waals surface area contributed by atoms with Crippen LogP contribution in [0.25, 0.3) is 0 Å². The zero-order chi connectivity index (χ0) is 21.6. The van der Waals surface area contributed by atoms with Gasteiger partial charge in [0, 0.05) is 6.04 Å². The van der Waals surface area contributed by atoms with Gasteiger partial charge in [-0.15, -0.1) is 0 Å². The largest absolute Gasteiger partial charge is 0.490 e. The van der Waals surface area contributed by atoms with Crippen LogP contribution < -0.4 is 14.2 Å². The Hall–Kier alpha value is -2.58. The minimum Gasteiger partial charge on any atom is -0.490 e. The van der Waals surface area contributed by atoms with Gasteiger partial charge in [-0.3, -0.25) is 0 Å². The molecule has 0 aliphatic heterocycles. The molecule has 0 spiro atoms. The summed E-state index contributed by atoms with van der Waals surface area (Å²) in [5, 5.41) is 0. The van der Waals surface area contributed by atoms with E-state index in [1.807, 2.05) is 13.8 Å². The Labute approximate surface area is 172 Å². The van der Waals surface area contributed by atoms with Crippen LogP contribution in [0.4, 0.5) is 0 Å². The first kappa shape index (κ1) is 22.7. The summed E-state index contributed by atoms with van der Waals surface area (Å²) >= 11 is 0. The second-order valence-corrected chi connectivity index (χ2v) is 8.10. The number of ether oxygens (including phenoxy) is 3. The van der Waals surface area contributed by atoms with Crippen molar-refractivity contribution in [3.05, 3.63) is 53.1 Å². The van der Waals surface area contributed by atoms with E-state index in [9.17, 15) is 13.2 Å². The van der Waals surface area contributed by atoms with Crippen LogP contribution in [0.2, 0.25) is 0 Å². The Morgan fingerprint density at radius 3 is 2.31 bits per heavy atom. The maximum Gasteiger partial charge on any atom is 0.338 e. The fourth-order valence-corrected chi connectivity index (χ4v) is 4.06. The van der Waals surface area contributed by atoms with Crippen LogP contribution in [0, 0.1) is 6.92 Å². The number of carbonyl (C=O) groups is 1. The normalized spacial score (nSPS) is 12.3. The number of hydrogen-bond donors (Lipinski definition) is 1. The molecule has 1 atom stereocenters. The Bertz CT molecular complexity index is 971. The molecular weight excluding hydrogens is 394 g/mol. The van der Waals surface area contributed by atoms with E-state index in [2.05, 4.69) is 4.72 Å². The van der Waals surface area contributed by atoms with Gasteiger partial charge in [-0.1, -0.05) is 12.1 Å². The Morgan fingerprint density at radius 2 is 1.69 bits per heavy atom. The van der Waals surface area contributed by atoms with Crippen molar-refractivity contribution in [1.82, 2.24) is 4.72 Å². The van der Waals surface area contributed by atoms with Crippen molar-refractivity contribution in [2.24, 2.45) is 0 Å². The van der Waals surface area contributed by atoms with Crippen LogP contribution in [0.1, 0.15) is 48.3 Å². The molecule has 0 amide bonds. The fourth-order valence-electron chi connectivity index (χ4n) is 2.80. The molecule has 0 saturated heterocycles. The van der Waals surface area contributed by atoms with Gasteiger partial charge in [0.1, 0.15) is 0 Å². The van der Waals surface area contributed by atoms with Crippen LogP contribution in [0.3, 0.4) is 0 Å². The highest BCUT2D eigenvalue weighted by atomic mass is 32.2. The highest BCUT2D eigenvalue weighted by Gasteiger charge is 2.22. The number of benzene rings is 2. The van der Waals surface area contributed by atoms with Crippen molar-refractivity contribution in [3.8, 4) is 11.5 Å². The molecule has 0 heterocycles. The zero-order valence-corrected chi connectivity index (χ0v) is 18.1. The first-order valence-corrected chi connectivity index (χ1v) is 10.8. The first-order chi connectivity index (χ1) is 13.7. The standard InChI is InChI=1S/C21H27NO6S/c1-6-27-19-11-9-16(12-20(19)28-7-2)15(4)22-29(24,25)17-10-8-14(3)18(13-17)21(23)26-5/h8-13,15,22H,6-7H2,1-5H3/t15-/m0/s1. The van der Waals surface area contributed by atoms with E-state index >= 15 is 0 Å². The lowest BCUT2D eigenvalue weighted by Crippen LogP contribution is -2.27. The average molecular weight is 422 g/mol. The monoisotopic (exact) mass is 421 g/mol. The van der Waals surface area contributed by atoms with Gasteiger partial charge in [0.25, 0.3) is 0 Å². The lowest BCUT2D eigenvalue weighted by molar-refractivity contribution is 0.0599. The molecule has 0 aromatic heterocycles. The predicted octanol–water partition coefficient (Wildman–Crippen LogP) is 3.62. The summed E-state index contributed by atoms with van der Waals surface area (Å²) in [5.74, 6) is 0.580. The molecule has 158 valence electrons. The van der Waals surface area contributed by atoms with E-state index in [4.69, 9.17) is 14.2 Å². The van der Waals surface area contributed by atoms with Crippen molar-refractivity contribution < 1.29 is 27.4 Å². The van der Waals surface area contributed by atoms with Crippen LogP contribution in [0.5, 0.6) is 11.5 Å². The van der Waals surface area contributed by atoms with Gasteiger partial charge in [-0.2, -0.15) is 0 Å². The number of nitrogens with one attached hydrogen (secondary N) is 1. The second kappa shape index (κ2) is 9.76. The van der Waals surface area contributed by atoms with Crippen LogP contribution in [-0.4, -0.2) is 34.7 Å². The number of methoxy groups -OCH3 is 1. The lowest BCUT2D eigenvalue weighted by atomic mass is 10.1. The third-order valence-corrected chi connectivity index (χ3v) is 5.86. The average Bonchev–Trinajstić information content (AvgIpc) is 2.68. The highest BCUT2D eigenvalue weighted by molar-refractivity contribution is 7.89. The SMILES string of the molecule is CCOc1ccc([C@H](C)NS(=O)(=O)c2ccc(C)c(C(=O)OC)c2)cc1OCC. The molecule has 29 heavy (non-hydrogen) atoms. The predicted molar refractivity (Wildman–Crippen MR) is 110 cm³/mol. The maximum absolute atomic E-state index is 12.9. The summed E-state index contributed by atoms with van der Waals surface area (Å²) in [6, 6.07) is 9.14. The van der Waals surface area contributed by atoms with E-state index in [1.165, 1.54) is 19.2 Å². The van der Waals surface area contributed by atoms with E-state index in [1.54, 1.807) is 38.1 Å². The van der Waals surface area contributed by atoms with Gasteiger partial charge in [-0.05, 0) is 63.1 Å². The van der Waals surface area contributed by atoms with Crippen molar-refractivity contribution >= 4 is 16.0 Å². The van der Waals surface area contributed by atoms with Crippen molar-refractivity contribution in [1.29, 1.82) is 0 Å². The lowest BCUT2D eigenvalue weighted by Gasteiger charge is -2.18. The van der Waals surface area contributed by atoms with Crippen molar-refractivity contribution in [2.75, 3.05) is 20.3 Å². The molecule has 1 N–H and O–H groups in total. The second-order valence-electron chi connectivity index (χ2n) is 6.38. The van der Waals surface area contributed by atoms with Crippen LogP contribution in [0.15, 0.2) is 41.3 Å². The molecule has 2 rings (SSSR count). The minimum absolute atomic E-state index is 0.00804. The van der Waals surface area contributed by atoms with Crippen molar-refractivity contribution in [3.63, 3.8) is 0 Å². The summed E-state index contributed by atoms with van der Waals surface area (Å²) in [5.41, 5.74) is 1.57. The molecule has 0 radical (unpaired) electrons. The highest BCUT2D eigenvalue weighted by Crippen LogP contribution is 2.31. The Balaban J connectivity index is 2.31. The number of carbonyl (C=O) groups excluding carboxylic acids is 1. The van der Waals surface area contributed by atoms with Crippen LogP contribution >= 0.6 is 0 Å². The van der Waals surface area contributed by atoms with Crippen molar-refractivity contribution in [2.45, 2.75) is 38.6 Å². The van der Waals surface area contributed by atoms with Gasteiger partial charge < -0.3 is 14.2 Å². The summed E-state index contributed by atoms with van der Waals surface area (Å²) in [7, 11) is -2.61. The smallest absolute Gasteiger partial charge is 0.338 e. The van der Waals surface area contributed by atoms with E-state index < -0.39 is 22.0 Å². The summed E-state index contributed by atoms with van der Waals surface area (Å²) in [4.78, 5) is 11.9. The molecule has 0 aliphatic carbocycles. The van der Waals surface area contributed by atoms with Gasteiger partial charge in [0.05, 0.1) is 30.8 Å². The van der Waals surface area contributed by atoms with E-state index in [-0.39, 0.29) is 10.5 Å². The fraction of sp³-hybridized carbons (Fsp3) is 0.381. The van der Waals surface area contributed by atoms with Gasteiger partial charge in [0.2, 0.25) is 10.0 Å². The molecular formula is C21H27NO6S. The topological polar surface area (TPSA) is 90.9 Å². The number of aryl methyl sites for hydroxylation is 1. The molecule has 0 bridgehead atoms. The zero-order valence-electron chi connectivity index (χ0n) is 17.3. The quantitative estimate of drug-likeness (QED) is 0.622. The number of rotatable bonds is 9. The minimum atomic E-state index is -3.86. The number of hydrogen-bond acceptors (Lipinski definition) is 6. The summed E-state index contributed by atoms with van der Waals surface area (Å²) in [6.07, 6.45) is 0. The molecule has 0 saturated carbocycles. The maximum atomic E-state index is 12.9. The first-order valence-electron chi connectivity index (χ1n) is 9.34. The molecule has 0 fully saturated rings. The molecule has 2 aromatic rings. The van der Waals surface area contributed by atoms with E-state index in [0.717, 1.165) is 5.56 Å². The van der Waals surface area contributed by atoms with Crippen LogP contribution in [-0.2, 0) is 14.8 Å². The third-order valence-electron chi connectivity index (χ3n) is 4.32. The third kappa shape index (κ3) is 5.48. The molecule has 0 unspecified atom stereocenters.